The third kappa shape index (κ3) is 7.07. The molecule has 2 aromatic rings. The molecule has 0 aliphatic carbocycles. The zero-order valence-corrected chi connectivity index (χ0v) is 15.0. The van der Waals surface area contributed by atoms with Crippen LogP contribution in [0.4, 0.5) is 14.5 Å². The van der Waals surface area contributed by atoms with Crippen molar-refractivity contribution >= 4 is 35.2 Å². The lowest BCUT2D eigenvalue weighted by Crippen LogP contribution is -2.20. The maximum atomic E-state index is 12.1. The van der Waals surface area contributed by atoms with Crippen LogP contribution in [-0.2, 0) is 14.3 Å². The van der Waals surface area contributed by atoms with E-state index < -0.39 is 25.1 Å². The summed E-state index contributed by atoms with van der Waals surface area (Å²) < 4.78 is 33.2. The fourth-order valence-corrected chi connectivity index (χ4v) is 2.30. The Morgan fingerprint density at radius 2 is 1.89 bits per heavy atom. The number of benzene rings is 2. The summed E-state index contributed by atoms with van der Waals surface area (Å²) in [5.74, 6) is -1.25. The van der Waals surface area contributed by atoms with Crippen LogP contribution in [0.25, 0.3) is 6.08 Å². The van der Waals surface area contributed by atoms with Gasteiger partial charge in [0.2, 0.25) is 0 Å². The molecular weight excluding hydrogens is 380 g/mol. The Kier molecular flexibility index (Phi) is 7.31. The molecule has 0 aliphatic heterocycles. The minimum atomic E-state index is -2.90. The molecule has 0 aromatic heterocycles. The van der Waals surface area contributed by atoms with Crippen LogP contribution in [-0.4, -0.2) is 25.1 Å². The molecule has 2 rings (SSSR count). The van der Waals surface area contributed by atoms with E-state index in [-0.39, 0.29) is 5.75 Å². The van der Waals surface area contributed by atoms with Crippen LogP contribution in [0.3, 0.4) is 0 Å². The monoisotopic (exact) mass is 395 g/mol. The lowest BCUT2D eigenvalue weighted by molar-refractivity contribution is -0.142. The summed E-state index contributed by atoms with van der Waals surface area (Å²) >= 11 is 6.01. The highest BCUT2D eigenvalue weighted by atomic mass is 35.5. The van der Waals surface area contributed by atoms with Crippen LogP contribution in [0.5, 0.6) is 5.75 Å². The van der Waals surface area contributed by atoms with E-state index in [1.54, 1.807) is 18.2 Å². The van der Waals surface area contributed by atoms with E-state index >= 15 is 0 Å². The first kappa shape index (κ1) is 20.4. The van der Waals surface area contributed by atoms with Crippen LogP contribution in [0.15, 0.2) is 48.5 Å². The molecule has 27 heavy (non-hydrogen) atoms. The molecule has 0 bridgehead atoms. The number of ether oxygens (including phenoxy) is 2. The second-order valence-electron chi connectivity index (χ2n) is 5.42. The van der Waals surface area contributed by atoms with Gasteiger partial charge >= 0.3 is 12.6 Å². The van der Waals surface area contributed by atoms with Crippen molar-refractivity contribution in [1.82, 2.24) is 0 Å². The molecule has 0 atom stereocenters. The molecule has 0 radical (unpaired) electrons. The van der Waals surface area contributed by atoms with Crippen molar-refractivity contribution in [3.05, 3.63) is 64.7 Å². The number of alkyl halides is 2. The van der Waals surface area contributed by atoms with E-state index in [2.05, 4.69) is 10.1 Å². The molecule has 0 heterocycles. The van der Waals surface area contributed by atoms with Gasteiger partial charge in [-0.15, -0.1) is 0 Å². The first-order valence-electron chi connectivity index (χ1n) is 7.79. The number of carbonyl (C=O) groups is 2. The van der Waals surface area contributed by atoms with Crippen LogP contribution in [0, 0.1) is 6.92 Å². The number of carbonyl (C=O) groups excluding carboxylic acids is 2. The number of hydrogen-bond donors (Lipinski definition) is 1. The topological polar surface area (TPSA) is 64.6 Å². The normalized spacial score (nSPS) is 10.9. The summed E-state index contributed by atoms with van der Waals surface area (Å²) in [6.45, 7) is -1.51. The van der Waals surface area contributed by atoms with Crippen molar-refractivity contribution < 1.29 is 27.8 Å². The van der Waals surface area contributed by atoms with E-state index in [4.69, 9.17) is 16.3 Å². The molecule has 0 fully saturated rings. The molecule has 0 spiro atoms. The molecule has 0 aliphatic rings. The van der Waals surface area contributed by atoms with Gasteiger partial charge in [0.05, 0.1) is 10.7 Å². The third-order valence-electron chi connectivity index (χ3n) is 3.26. The first-order valence-corrected chi connectivity index (χ1v) is 8.17. The van der Waals surface area contributed by atoms with E-state index in [0.717, 1.165) is 11.6 Å². The third-order valence-corrected chi connectivity index (χ3v) is 3.57. The molecule has 8 heteroatoms. The Labute approximate surface area is 159 Å². The van der Waals surface area contributed by atoms with Gasteiger partial charge in [0.15, 0.2) is 6.61 Å². The summed E-state index contributed by atoms with van der Waals surface area (Å²) in [6, 6.07) is 10.8. The zero-order valence-electron chi connectivity index (χ0n) is 14.2. The Morgan fingerprint density at radius 3 is 2.52 bits per heavy atom. The maximum Gasteiger partial charge on any atom is 0.387 e. The fraction of sp³-hybridized carbons (Fsp3) is 0.158. The van der Waals surface area contributed by atoms with E-state index in [9.17, 15) is 18.4 Å². The highest BCUT2D eigenvalue weighted by molar-refractivity contribution is 6.33. The van der Waals surface area contributed by atoms with Gasteiger partial charge in [0.1, 0.15) is 5.75 Å². The average molecular weight is 396 g/mol. The van der Waals surface area contributed by atoms with Gasteiger partial charge < -0.3 is 14.8 Å². The summed E-state index contributed by atoms with van der Waals surface area (Å²) in [6.07, 6.45) is 2.54. The van der Waals surface area contributed by atoms with Gasteiger partial charge in [-0.25, -0.2) is 4.79 Å². The largest absolute Gasteiger partial charge is 0.452 e. The summed E-state index contributed by atoms with van der Waals surface area (Å²) in [4.78, 5) is 23.5. The Morgan fingerprint density at radius 1 is 1.19 bits per heavy atom. The number of hydrogen-bond acceptors (Lipinski definition) is 4. The summed E-state index contributed by atoms with van der Waals surface area (Å²) in [5, 5.41) is 2.92. The highest BCUT2D eigenvalue weighted by Crippen LogP contribution is 2.22. The standard InChI is InChI=1S/C19H16ClF2NO4/c1-12-2-8-16(15(20)10-12)23-17(24)11-26-18(25)9-5-13-3-6-14(7-4-13)27-19(21)22/h2-10,19H,11H2,1H3,(H,23,24)/b9-5+. The maximum absolute atomic E-state index is 12.1. The number of anilines is 1. The van der Waals surface area contributed by atoms with Crippen molar-refractivity contribution in [2.45, 2.75) is 13.5 Å². The second-order valence-corrected chi connectivity index (χ2v) is 5.83. The van der Waals surface area contributed by atoms with Crippen molar-refractivity contribution in [2.24, 2.45) is 0 Å². The van der Waals surface area contributed by atoms with Crippen molar-refractivity contribution in [2.75, 3.05) is 11.9 Å². The van der Waals surface area contributed by atoms with E-state index in [1.165, 1.54) is 30.3 Å². The van der Waals surface area contributed by atoms with E-state index in [0.29, 0.717) is 16.3 Å². The quantitative estimate of drug-likeness (QED) is 0.556. The van der Waals surface area contributed by atoms with Crippen LogP contribution >= 0.6 is 11.6 Å². The second kappa shape index (κ2) is 9.68. The van der Waals surface area contributed by atoms with Crippen LogP contribution in [0.2, 0.25) is 5.02 Å². The molecule has 1 amide bonds. The average Bonchev–Trinajstić information content (AvgIpc) is 2.61. The molecule has 142 valence electrons. The summed E-state index contributed by atoms with van der Waals surface area (Å²) in [5.41, 5.74) is 1.94. The zero-order chi connectivity index (χ0) is 19.8. The van der Waals surface area contributed by atoms with Crippen LogP contribution < -0.4 is 10.1 Å². The molecule has 0 saturated heterocycles. The highest BCUT2D eigenvalue weighted by Gasteiger charge is 2.08. The predicted molar refractivity (Wildman–Crippen MR) is 97.9 cm³/mol. The molecular formula is C19H16ClF2NO4. The lowest BCUT2D eigenvalue weighted by Gasteiger charge is -2.07. The number of amides is 1. The number of rotatable bonds is 7. The van der Waals surface area contributed by atoms with Gasteiger partial charge in [0, 0.05) is 6.08 Å². The number of halogens is 3. The SMILES string of the molecule is Cc1ccc(NC(=O)COC(=O)/C=C/c2ccc(OC(F)F)cc2)c(Cl)c1. The summed E-state index contributed by atoms with van der Waals surface area (Å²) in [7, 11) is 0. The minimum absolute atomic E-state index is 0.0103. The fourth-order valence-electron chi connectivity index (χ4n) is 2.02. The Hall–Kier alpha value is -2.93. The number of nitrogens with one attached hydrogen (secondary N) is 1. The van der Waals surface area contributed by atoms with Crippen molar-refractivity contribution in [3.63, 3.8) is 0 Å². The Bertz CT molecular complexity index is 838. The molecule has 0 unspecified atom stereocenters. The Balaban J connectivity index is 1.81. The van der Waals surface area contributed by atoms with Crippen LogP contribution in [0.1, 0.15) is 11.1 Å². The molecule has 2 aromatic carbocycles. The molecule has 0 saturated carbocycles. The van der Waals surface area contributed by atoms with Gasteiger partial charge in [-0.05, 0) is 48.4 Å². The minimum Gasteiger partial charge on any atom is -0.452 e. The molecule has 1 N–H and O–H groups in total. The predicted octanol–water partition coefficient (Wildman–Crippen LogP) is 4.44. The molecule has 5 nitrogen and oxygen atoms in total. The lowest BCUT2D eigenvalue weighted by atomic mass is 10.2. The smallest absolute Gasteiger partial charge is 0.387 e. The van der Waals surface area contributed by atoms with E-state index in [1.807, 2.05) is 6.92 Å². The van der Waals surface area contributed by atoms with Crippen molar-refractivity contribution in [1.29, 1.82) is 0 Å². The van der Waals surface area contributed by atoms with Crippen molar-refractivity contribution in [3.8, 4) is 5.75 Å². The van der Waals surface area contributed by atoms with Gasteiger partial charge in [-0.2, -0.15) is 8.78 Å². The number of esters is 1. The van der Waals surface area contributed by atoms with Gasteiger partial charge in [-0.3, -0.25) is 4.79 Å². The number of aryl methyl sites for hydroxylation is 1. The van der Waals surface area contributed by atoms with Gasteiger partial charge in [0.25, 0.3) is 5.91 Å². The first-order chi connectivity index (χ1) is 12.8. The van der Waals surface area contributed by atoms with Gasteiger partial charge in [-0.1, -0.05) is 29.8 Å².